The lowest BCUT2D eigenvalue weighted by Gasteiger charge is -2.36. The summed E-state index contributed by atoms with van der Waals surface area (Å²) in [5.41, 5.74) is 14.4. The average molecular weight is 547 g/mol. The zero-order valence-electron chi connectivity index (χ0n) is 23.4. The summed E-state index contributed by atoms with van der Waals surface area (Å²) in [7, 11) is 0. The summed E-state index contributed by atoms with van der Waals surface area (Å²) in [6.07, 6.45) is 0. The number of allylic oxidation sites excluding steroid dienone is 2. The zero-order chi connectivity index (χ0) is 28.2. The molecule has 200 valence electrons. The second kappa shape index (κ2) is 8.12. The molecule has 1 heteroatoms. The van der Waals surface area contributed by atoms with Gasteiger partial charge in [-0.15, -0.1) is 0 Å². The Balaban J connectivity index is 1.48. The number of para-hydroxylation sites is 1. The van der Waals surface area contributed by atoms with E-state index in [9.17, 15) is 0 Å². The standard InChI is InChI=1S/C42H26O/c1-3-15-27(16-4-1)41(28-17-5-2-6-18-28)33-23-11-7-19-29(33)38-37(41)30-20-8-12-24-34(30)42(38)35-25-13-9-21-31(35)40-39(42)32-22-10-14-26-36(32)43-40/h1-26H/t42-/m1/s1. The Morgan fingerprint density at radius 1 is 0.372 bits per heavy atom. The normalized spacial score (nSPS) is 18.4. The van der Waals surface area contributed by atoms with Gasteiger partial charge >= 0.3 is 0 Å². The largest absolute Gasteiger partial charge is 0.456 e. The van der Waals surface area contributed by atoms with Crippen LogP contribution in [0.3, 0.4) is 0 Å². The third-order valence-electron chi connectivity index (χ3n) is 10.2. The molecule has 7 aromatic rings. The van der Waals surface area contributed by atoms with Gasteiger partial charge in [-0.3, -0.25) is 0 Å². The van der Waals surface area contributed by atoms with E-state index in [0.29, 0.717) is 0 Å². The Labute approximate surface area is 250 Å². The lowest BCUT2D eigenvalue weighted by molar-refractivity contribution is 0.629. The van der Waals surface area contributed by atoms with Crippen molar-refractivity contribution < 1.29 is 4.42 Å². The van der Waals surface area contributed by atoms with Gasteiger partial charge in [0.25, 0.3) is 0 Å². The number of hydrogen-bond donors (Lipinski definition) is 0. The SMILES string of the molecule is c1ccc(C2(c3ccccc3)C3=C(c4ccccc42)[C@@]2(c4ccccc43)c3ccccc3-c3oc4ccccc4c32)cc1. The highest BCUT2D eigenvalue weighted by Crippen LogP contribution is 2.73. The molecule has 10 rings (SSSR count). The maximum atomic E-state index is 6.77. The minimum Gasteiger partial charge on any atom is -0.456 e. The number of rotatable bonds is 2. The minimum absolute atomic E-state index is 0.481. The van der Waals surface area contributed by atoms with Crippen LogP contribution in [0.5, 0.6) is 0 Å². The third kappa shape index (κ3) is 2.57. The molecule has 3 aliphatic carbocycles. The van der Waals surface area contributed by atoms with Crippen LogP contribution in [-0.4, -0.2) is 0 Å². The van der Waals surface area contributed by atoms with Gasteiger partial charge in [0.15, 0.2) is 0 Å². The lowest BCUT2D eigenvalue weighted by atomic mass is 9.65. The van der Waals surface area contributed by atoms with Crippen molar-refractivity contribution in [2.75, 3.05) is 0 Å². The molecule has 0 saturated carbocycles. The Kier molecular flexibility index (Phi) is 4.38. The zero-order valence-corrected chi connectivity index (χ0v) is 23.4. The van der Waals surface area contributed by atoms with Gasteiger partial charge in [0.1, 0.15) is 11.3 Å². The first-order chi connectivity index (χ1) is 21.4. The highest BCUT2D eigenvalue weighted by atomic mass is 16.3. The molecule has 3 aliphatic rings. The van der Waals surface area contributed by atoms with E-state index in [4.69, 9.17) is 4.42 Å². The van der Waals surface area contributed by atoms with Crippen molar-refractivity contribution in [1.29, 1.82) is 0 Å². The van der Waals surface area contributed by atoms with Crippen LogP contribution in [0.4, 0.5) is 0 Å². The summed E-state index contributed by atoms with van der Waals surface area (Å²) in [6, 6.07) is 58.0. The Bertz CT molecular complexity index is 2250. The molecule has 0 amide bonds. The van der Waals surface area contributed by atoms with Crippen molar-refractivity contribution in [3.8, 4) is 11.3 Å². The lowest BCUT2D eigenvalue weighted by Crippen LogP contribution is -2.29. The van der Waals surface area contributed by atoms with E-state index in [-0.39, 0.29) is 0 Å². The van der Waals surface area contributed by atoms with Crippen LogP contribution in [-0.2, 0) is 10.8 Å². The monoisotopic (exact) mass is 546 g/mol. The second-order valence-corrected chi connectivity index (χ2v) is 11.9. The maximum Gasteiger partial charge on any atom is 0.140 e. The smallest absolute Gasteiger partial charge is 0.140 e. The van der Waals surface area contributed by atoms with E-state index in [2.05, 4.69) is 158 Å². The Morgan fingerprint density at radius 2 is 0.814 bits per heavy atom. The maximum absolute atomic E-state index is 6.77. The predicted molar refractivity (Wildman–Crippen MR) is 174 cm³/mol. The fraction of sp³-hybridized carbons (Fsp3) is 0.0476. The van der Waals surface area contributed by atoms with Gasteiger partial charge < -0.3 is 4.42 Å². The van der Waals surface area contributed by atoms with Gasteiger partial charge in [0.05, 0.1) is 10.8 Å². The first-order valence-electron chi connectivity index (χ1n) is 15.0. The summed E-state index contributed by atoms with van der Waals surface area (Å²) in [5.74, 6) is 0.995. The Hall–Kier alpha value is -5.40. The molecule has 0 fully saturated rings. The van der Waals surface area contributed by atoms with Crippen LogP contribution < -0.4 is 0 Å². The highest BCUT2D eigenvalue weighted by Gasteiger charge is 2.62. The molecule has 1 atom stereocenters. The van der Waals surface area contributed by atoms with Crippen LogP contribution >= 0.6 is 0 Å². The van der Waals surface area contributed by atoms with Crippen molar-refractivity contribution in [2.24, 2.45) is 0 Å². The molecule has 0 saturated heterocycles. The fourth-order valence-electron chi connectivity index (χ4n) is 8.81. The molecule has 43 heavy (non-hydrogen) atoms. The van der Waals surface area contributed by atoms with Gasteiger partial charge in [-0.1, -0.05) is 152 Å². The van der Waals surface area contributed by atoms with Crippen LogP contribution in [0.15, 0.2) is 162 Å². The molecule has 1 spiro atoms. The summed E-state index contributed by atoms with van der Waals surface area (Å²) >= 11 is 0. The molecule has 0 unspecified atom stereocenters. The van der Waals surface area contributed by atoms with E-state index in [1.54, 1.807) is 0 Å². The molecule has 0 aliphatic heterocycles. The van der Waals surface area contributed by atoms with Crippen LogP contribution in [0.1, 0.15) is 44.5 Å². The molecular formula is C42H26O. The molecular weight excluding hydrogens is 520 g/mol. The van der Waals surface area contributed by atoms with Crippen LogP contribution in [0, 0.1) is 0 Å². The second-order valence-electron chi connectivity index (χ2n) is 11.9. The predicted octanol–water partition coefficient (Wildman–Crippen LogP) is 10.0. The molecule has 6 aromatic carbocycles. The van der Waals surface area contributed by atoms with Crippen LogP contribution in [0.25, 0.3) is 33.4 Å². The van der Waals surface area contributed by atoms with E-state index in [1.807, 2.05) is 0 Å². The van der Waals surface area contributed by atoms with E-state index in [1.165, 1.54) is 66.6 Å². The van der Waals surface area contributed by atoms with Crippen molar-refractivity contribution in [3.05, 3.63) is 202 Å². The number of hydrogen-bond acceptors (Lipinski definition) is 1. The molecule has 1 nitrogen and oxygen atoms in total. The van der Waals surface area contributed by atoms with Gasteiger partial charge in [-0.2, -0.15) is 0 Å². The summed E-state index contributed by atoms with van der Waals surface area (Å²) in [5, 5.41) is 1.19. The van der Waals surface area contributed by atoms with Crippen molar-refractivity contribution in [2.45, 2.75) is 10.8 Å². The van der Waals surface area contributed by atoms with Gasteiger partial charge in [-0.05, 0) is 56.2 Å². The molecule has 0 bridgehead atoms. The number of fused-ring (bicyclic) bond motifs is 13. The van der Waals surface area contributed by atoms with Gasteiger partial charge in [-0.25, -0.2) is 0 Å². The third-order valence-corrected chi connectivity index (χ3v) is 10.2. The highest BCUT2D eigenvalue weighted by molar-refractivity contribution is 6.19. The average Bonchev–Trinajstić information content (AvgIpc) is 3.78. The van der Waals surface area contributed by atoms with Crippen molar-refractivity contribution in [1.82, 2.24) is 0 Å². The topological polar surface area (TPSA) is 13.1 Å². The number of furan rings is 1. The fourth-order valence-corrected chi connectivity index (χ4v) is 8.81. The first-order valence-corrected chi connectivity index (χ1v) is 15.0. The van der Waals surface area contributed by atoms with Gasteiger partial charge in [0, 0.05) is 16.5 Å². The Morgan fingerprint density at radius 3 is 1.44 bits per heavy atom. The quantitative estimate of drug-likeness (QED) is 0.210. The van der Waals surface area contributed by atoms with E-state index >= 15 is 0 Å². The molecule has 1 heterocycles. The summed E-state index contributed by atoms with van der Waals surface area (Å²) in [6.45, 7) is 0. The summed E-state index contributed by atoms with van der Waals surface area (Å²) < 4.78 is 6.77. The molecule has 0 N–H and O–H groups in total. The van der Waals surface area contributed by atoms with E-state index in [0.717, 1.165) is 11.3 Å². The van der Waals surface area contributed by atoms with Crippen molar-refractivity contribution in [3.63, 3.8) is 0 Å². The molecule has 1 aromatic heterocycles. The van der Waals surface area contributed by atoms with Crippen LogP contribution in [0.2, 0.25) is 0 Å². The van der Waals surface area contributed by atoms with E-state index < -0.39 is 10.8 Å². The first kappa shape index (κ1) is 23.2. The summed E-state index contributed by atoms with van der Waals surface area (Å²) in [4.78, 5) is 0. The molecule has 0 radical (unpaired) electrons. The van der Waals surface area contributed by atoms with Crippen molar-refractivity contribution >= 4 is 22.1 Å². The van der Waals surface area contributed by atoms with Gasteiger partial charge in [0.2, 0.25) is 0 Å². The number of benzene rings is 6. The minimum atomic E-state index is -0.508.